The molecule has 0 radical (unpaired) electrons. The number of hydrogen-bond acceptors (Lipinski definition) is 5. The molecule has 0 saturated carbocycles. The smallest absolute Gasteiger partial charge is 0.309 e. The highest BCUT2D eigenvalue weighted by Gasteiger charge is 2.23. The molecular formula is C15H18O4S. The van der Waals surface area contributed by atoms with Crippen LogP contribution in [0.5, 0.6) is 0 Å². The Bertz CT molecular complexity index is 463. The molecule has 0 aliphatic carbocycles. The number of esters is 1. The molecule has 0 atom stereocenters. The first-order valence-electron chi connectivity index (χ1n) is 6.62. The van der Waals surface area contributed by atoms with Crippen LogP contribution in [-0.4, -0.2) is 37.8 Å². The van der Waals surface area contributed by atoms with Crippen molar-refractivity contribution >= 4 is 23.5 Å². The van der Waals surface area contributed by atoms with Crippen molar-refractivity contribution in [2.24, 2.45) is 5.92 Å². The van der Waals surface area contributed by atoms with Crippen LogP contribution in [0.3, 0.4) is 0 Å². The summed E-state index contributed by atoms with van der Waals surface area (Å²) in [5.74, 6) is -0.587. The summed E-state index contributed by atoms with van der Waals surface area (Å²) in [4.78, 5) is 24.8. The molecule has 0 spiro atoms. The second kappa shape index (κ2) is 7.45. The van der Waals surface area contributed by atoms with Crippen molar-refractivity contribution in [3.05, 3.63) is 29.8 Å². The van der Waals surface area contributed by atoms with Crippen LogP contribution in [0.4, 0.5) is 0 Å². The fraction of sp³-hybridized carbons (Fsp3) is 0.467. The normalized spacial score (nSPS) is 15.8. The molecule has 1 fully saturated rings. The number of ketones is 1. The fourth-order valence-corrected chi connectivity index (χ4v) is 2.46. The predicted octanol–water partition coefficient (Wildman–Crippen LogP) is 2.56. The average molecular weight is 294 g/mol. The fourth-order valence-electron chi connectivity index (χ4n) is 2.05. The highest BCUT2D eigenvalue weighted by atomic mass is 32.2. The number of ether oxygens (including phenoxy) is 2. The van der Waals surface area contributed by atoms with E-state index >= 15 is 0 Å². The van der Waals surface area contributed by atoms with Crippen molar-refractivity contribution in [3.63, 3.8) is 0 Å². The van der Waals surface area contributed by atoms with E-state index in [2.05, 4.69) is 0 Å². The van der Waals surface area contributed by atoms with Crippen molar-refractivity contribution in [1.82, 2.24) is 0 Å². The van der Waals surface area contributed by atoms with E-state index in [4.69, 9.17) is 9.47 Å². The third-order valence-corrected chi connectivity index (χ3v) is 4.06. The molecule has 0 amide bonds. The minimum atomic E-state index is -0.289. The largest absolute Gasteiger partial charge is 0.457 e. The molecule has 1 heterocycles. The number of hydrogen-bond donors (Lipinski definition) is 0. The summed E-state index contributed by atoms with van der Waals surface area (Å²) in [5.41, 5.74) is 0.572. The molecule has 1 aliphatic heterocycles. The van der Waals surface area contributed by atoms with Crippen LogP contribution < -0.4 is 0 Å². The van der Waals surface area contributed by atoms with Crippen molar-refractivity contribution in [1.29, 1.82) is 0 Å². The summed E-state index contributed by atoms with van der Waals surface area (Å²) >= 11 is 1.62. The molecule has 0 N–H and O–H groups in total. The van der Waals surface area contributed by atoms with Gasteiger partial charge in [-0.25, -0.2) is 0 Å². The molecule has 1 aromatic carbocycles. The molecule has 0 unspecified atom stereocenters. The molecule has 4 nitrogen and oxygen atoms in total. The van der Waals surface area contributed by atoms with Crippen molar-refractivity contribution in [2.45, 2.75) is 17.7 Å². The van der Waals surface area contributed by atoms with Gasteiger partial charge in [0.05, 0.1) is 5.92 Å². The van der Waals surface area contributed by atoms with Gasteiger partial charge in [-0.15, -0.1) is 11.8 Å². The van der Waals surface area contributed by atoms with Gasteiger partial charge < -0.3 is 9.47 Å². The summed E-state index contributed by atoms with van der Waals surface area (Å²) < 4.78 is 10.3. The lowest BCUT2D eigenvalue weighted by Crippen LogP contribution is -2.27. The molecular weight excluding hydrogens is 276 g/mol. The monoisotopic (exact) mass is 294 g/mol. The number of carbonyl (C=O) groups is 2. The lowest BCUT2D eigenvalue weighted by atomic mass is 10.0. The number of Topliss-reactive ketones (excluding diaryl/α,β-unsaturated/α-hetero) is 1. The van der Waals surface area contributed by atoms with Crippen LogP contribution in [0.15, 0.2) is 29.2 Å². The number of carbonyl (C=O) groups excluding carboxylic acids is 2. The van der Waals surface area contributed by atoms with Gasteiger partial charge in [-0.05, 0) is 31.2 Å². The minimum absolute atomic E-state index is 0.129. The Balaban J connectivity index is 1.83. The third kappa shape index (κ3) is 4.08. The Morgan fingerprint density at radius 1 is 1.25 bits per heavy atom. The Morgan fingerprint density at radius 3 is 2.50 bits per heavy atom. The quantitative estimate of drug-likeness (QED) is 0.474. The highest BCUT2D eigenvalue weighted by Crippen LogP contribution is 2.17. The van der Waals surface area contributed by atoms with Crippen molar-refractivity contribution in [2.75, 3.05) is 26.1 Å². The van der Waals surface area contributed by atoms with Gasteiger partial charge in [-0.1, -0.05) is 12.1 Å². The van der Waals surface area contributed by atoms with Gasteiger partial charge >= 0.3 is 5.97 Å². The Hall–Kier alpha value is -1.33. The first-order valence-corrected chi connectivity index (χ1v) is 7.85. The molecule has 2 rings (SSSR count). The zero-order chi connectivity index (χ0) is 14.4. The van der Waals surface area contributed by atoms with Crippen LogP contribution in [-0.2, 0) is 14.3 Å². The van der Waals surface area contributed by atoms with Crippen molar-refractivity contribution < 1.29 is 19.1 Å². The van der Waals surface area contributed by atoms with Crippen LogP contribution in [0, 0.1) is 5.92 Å². The van der Waals surface area contributed by atoms with E-state index in [1.165, 1.54) is 0 Å². The van der Waals surface area contributed by atoms with Gasteiger partial charge in [0.15, 0.2) is 12.4 Å². The van der Waals surface area contributed by atoms with Gasteiger partial charge in [0.25, 0.3) is 0 Å². The van der Waals surface area contributed by atoms with Gasteiger partial charge in [0.2, 0.25) is 0 Å². The molecule has 0 bridgehead atoms. The summed E-state index contributed by atoms with van der Waals surface area (Å²) in [7, 11) is 0. The van der Waals surface area contributed by atoms with Crippen molar-refractivity contribution in [3.8, 4) is 0 Å². The molecule has 1 aromatic rings. The van der Waals surface area contributed by atoms with Gasteiger partial charge in [0.1, 0.15) is 0 Å². The topological polar surface area (TPSA) is 52.6 Å². The van der Waals surface area contributed by atoms with E-state index in [0.717, 1.165) is 4.90 Å². The average Bonchev–Trinajstić information content (AvgIpc) is 2.53. The molecule has 0 aromatic heterocycles. The van der Waals surface area contributed by atoms with E-state index in [9.17, 15) is 9.59 Å². The van der Waals surface area contributed by atoms with E-state index in [1.807, 2.05) is 18.4 Å². The van der Waals surface area contributed by atoms with Crippen LogP contribution in [0.1, 0.15) is 23.2 Å². The first kappa shape index (κ1) is 15.1. The molecule has 108 valence electrons. The summed E-state index contributed by atoms with van der Waals surface area (Å²) in [6.07, 6.45) is 3.33. The van der Waals surface area contributed by atoms with Crippen LogP contribution >= 0.6 is 11.8 Å². The SMILES string of the molecule is CSc1ccc(C(=O)COC(=O)C2CCOCC2)cc1. The Kier molecular flexibility index (Phi) is 5.61. The molecule has 1 aliphatic rings. The lowest BCUT2D eigenvalue weighted by Gasteiger charge is -2.20. The van der Waals surface area contributed by atoms with Gasteiger partial charge in [0, 0.05) is 23.7 Å². The second-order valence-corrected chi connectivity index (χ2v) is 5.53. The number of thioether (sulfide) groups is 1. The molecule has 20 heavy (non-hydrogen) atoms. The van der Waals surface area contributed by atoms with Crippen LogP contribution in [0.2, 0.25) is 0 Å². The van der Waals surface area contributed by atoms with E-state index < -0.39 is 0 Å². The first-order chi connectivity index (χ1) is 9.70. The van der Waals surface area contributed by atoms with Crippen LogP contribution in [0.25, 0.3) is 0 Å². The maximum Gasteiger partial charge on any atom is 0.309 e. The van der Waals surface area contributed by atoms with Gasteiger partial charge in [-0.2, -0.15) is 0 Å². The predicted molar refractivity (Wildman–Crippen MR) is 77.1 cm³/mol. The summed E-state index contributed by atoms with van der Waals surface area (Å²) in [6.45, 7) is 0.989. The maximum absolute atomic E-state index is 11.9. The Labute approximate surface area is 122 Å². The zero-order valence-electron chi connectivity index (χ0n) is 11.5. The number of benzene rings is 1. The second-order valence-electron chi connectivity index (χ2n) is 4.65. The summed E-state index contributed by atoms with van der Waals surface area (Å²) in [5, 5.41) is 0. The minimum Gasteiger partial charge on any atom is -0.457 e. The van der Waals surface area contributed by atoms with E-state index in [1.54, 1.807) is 23.9 Å². The zero-order valence-corrected chi connectivity index (χ0v) is 12.3. The maximum atomic E-state index is 11.9. The third-order valence-electron chi connectivity index (χ3n) is 3.31. The van der Waals surface area contributed by atoms with E-state index in [-0.39, 0.29) is 24.3 Å². The summed E-state index contributed by atoms with van der Waals surface area (Å²) in [6, 6.07) is 7.29. The Morgan fingerprint density at radius 2 is 1.90 bits per heavy atom. The standard InChI is InChI=1S/C15H18O4S/c1-20-13-4-2-11(3-5-13)14(16)10-19-15(17)12-6-8-18-9-7-12/h2-5,12H,6-10H2,1H3. The van der Waals surface area contributed by atoms with E-state index in [0.29, 0.717) is 31.6 Å². The molecule has 5 heteroatoms. The highest BCUT2D eigenvalue weighted by molar-refractivity contribution is 7.98. The molecule has 1 saturated heterocycles. The van der Waals surface area contributed by atoms with Gasteiger partial charge in [-0.3, -0.25) is 9.59 Å². The number of rotatable bonds is 5. The lowest BCUT2D eigenvalue weighted by molar-refractivity contribution is -0.150.